The van der Waals surface area contributed by atoms with E-state index in [9.17, 15) is 0 Å². The van der Waals surface area contributed by atoms with Crippen LogP contribution in [-0.4, -0.2) is 10.1 Å². The summed E-state index contributed by atoms with van der Waals surface area (Å²) >= 11 is 0. The Hall–Kier alpha value is -0.760. The SMILES string of the molecule is OCc1c[nH]c(C2CC2)c1. The topological polar surface area (TPSA) is 36.0 Å². The molecule has 2 N–H and O–H groups in total. The second-order valence-electron chi connectivity index (χ2n) is 2.90. The van der Waals surface area contributed by atoms with Crippen LogP contribution in [0.2, 0.25) is 0 Å². The van der Waals surface area contributed by atoms with Crippen molar-refractivity contribution >= 4 is 0 Å². The number of aliphatic hydroxyl groups excluding tert-OH is 1. The first-order chi connectivity index (χ1) is 4.90. The number of rotatable bonds is 2. The summed E-state index contributed by atoms with van der Waals surface area (Å²) in [4.78, 5) is 3.16. The molecule has 0 amide bonds. The molecule has 1 heterocycles. The van der Waals surface area contributed by atoms with Gasteiger partial charge in [-0.15, -0.1) is 0 Å². The van der Waals surface area contributed by atoms with Crippen LogP contribution < -0.4 is 0 Å². The standard InChI is InChI=1S/C8H11NO/c10-5-6-3-8(9-4-6)7-1-2-7/h3-4,7,9-10H,1-2,5H2. The van der Waals surface area contributed by atoms with Crippen LogP contribution in [0.5, 0.6) is 0 Å². The molecule has 0 aromatic carbocycles. The molecule has 2 heteroatoms. The summed E-state index contributed by atoms with van der Waals surface area (Å²) in [6.07, 6.45) is 4.50. The minimum Gasteiger partial charge on any atom is -0.392 e. The largest absolute Gasteiger partial charge is 0.392 e. The number of hydrogen-bond acceptors (Lipinski definition) is 1. The molecule has 1 saturated carbocycles. The first-order valence-corrected chi connectivity index (χ1v) is 3.68. The van der Waals surface area contributed by atoms with Gasteiger partial charge in [-0.25, -0.2) is 0 Å². The molecule has 0 radical (unpaired) electrons. The highest BCUT2D eigenvalue weighted by Gasteiger charge is 2.24. The van der Waals surface area contributed by atoms with Gasteiger partial charge in [-0.3, -0.25) is 0 Å². The fourth-order valence-electron chi connectivity index (χ4n) is 1.18. The van der Waals surface area contributed by atoms with Crippen molar-refractivity contribution in [3.05, 3.63) is 23.5 Å². The molecule has 1 aromatic heterocycles. The number of nitrogens with one attached hydrogen (secondary N) is 1. The highest BCUT2D eigenvalue weighted by atomic mass is 16.3. The average molecular weight is 137 g/mol. The van der Waals surface area contributed by atoms with Crippen molar-refractivity contribution in [1.82, 2.24) is 4.98 Å². The number of aliphatic hydroxyl groups is 1. The molecule has 0 bridgehead atoms. The van der Waals surface area contributed by atoms with E-state index in [1.807, 2.05) is 6.20 Å². The Morgan fingerprint density at radius 2 is 2.40 bits per heavy atom. The van der Waals surface area contributed by atoms with E-state index in [2.05, 4.69) is 11.1 Å². The molecule has 1 fully saturated rings. The number of aromatic nitrogens is 1. The second-order valence-corrected chi connectivity index (χ2v) is 2.90. The Kier molecular flexibility index (Phi) is 1.27. The molecule has 1 aromatic rings. The van der Waals surface area contributed by atoms with Gasteiger partial charge in [0.1, 0.15) is 0 Å². The van der Waals surface area contributed by atoms with Gasteiger partial charge in [0.15, 0.2) is 0 Å². The molecule has 2 rings (SSSR count). The van der Waals surface area contributed by atoms with Gasteiger partial charge in [0.2, 0.25) is 0 Å². The van der Waals surface area contributed by atoms with Crippen LogP contribution in [0.1, 0.15) is 30.0 Å². The Morgan fingerprint density at radius 1 is 1.60 bits per heavy atom. The van der Waals surface area contributed by atoms with Gasteiger partial charge >= 0.3 is 0 Å². The molecule has 0 unspecified atom stereocenters. The Balaban J connectivity index is 2.19. The lowest BCUT2D eigenvalue weighted by molar-refractivity contribution is 0.282. The van der Waals surface area contributed by atoms with Gasteiger partial charge in [0.25, 0.3) is 0 Å². The van der Waals surface area contributed by atoms with Crippen molar-refractivity contribution in [2.24, 2.45) is 0 Å². The van der Waals surface area contributed by atoms with Gasteiger partial charge in [0, 0.05) is 11.9 Å². The van der Waals surface area contributed by atoms with Crippen molar-refractivity contribution in [1.29, 1.82) is 0 Å². The van der Waals surface area contributed by atoms with Crippen LogP contribution >= 0.6 is 0 Å². The number of aromatic amines is 1. The van der Waals surface area contributed by atoms with E-state index in [-0.39, 0.29) is 6.61 Å². The van der Waals surface area contributed by atoms with Crippen molar-refractivity contribution < 1.29 is 5.11 Å². The predicted molar refractivity (Wildman–Crippen MR) is 38.7 cm³/mol. The average Bonchev–Trinajstić information content (AvgIpc) is 2.70. The quantitative estimate of drug-likeness (QED) is 0.634. The van der Waals surface area contributed by atoms with E-state index < -0.39 is 0 Å². The fourth-order valence-corrected chi connectivity index (χ4v) is 1.18. The van der Waals surface area contributed by atoms with Gasteiger partial charge in [-0.05, 0) is 30.4 Å². The van der Waals surface area contributed by atoms with E-state index in [0.29, 0.717) is 0 Å². The third-order valence-electron chi connectivity index (χ3n) is 1.96. The lowest BCUT2D eigenvalue weighted by Gasteiger charge is -1.86. The Labute approximate surface area is 59.9 Å². The van der Waals surface area contributed by atoms with Gasteiger partial charge < -0.3 is 10.1 Å². The van der Waals surface area contributed by atoms with Crippen LogP contribution in [0.15, 0.2) is 12.3 Å². The zero-order valence-electron chi connectivity index (χ0n) is 5.80. The van der Waals surface area contributed by atoms with E-state index in [4.69, 9.17) is 5.11 Å². The van der Waals surface area contributed by atoms with Gasteiger partial charge in [-0.2, -0.15) is 0 Å². The highest BCUT2D eigenvalue weighted by Crippen LogP contribution is 2.39. The summed E-state index contributed by atoms with van der Waals surface area (Å²) in [5, 5.41) is 8.73. The molecule has 0 spiro atoms. The van der Waals surface area contributed by atoms with Gasteiger partial charge in [-0.1, -0.05) is 0 Å². The van der Waals surface area contributed by atoms with Crippen LogP contribution in [0, 0.1) is 0 Å². The van der Waals surface area contributed by atoms with E-state index in [0.717, 1.165) is 11.5 Å². The molecule has 54 valence electrons. The summed E-state index contributed by atoms with van der Waals surface area (Å²) in [7, 11) is 0. The molecule has 10 heavy (non-hydrogen) atoms. The molecular formula is C8H11NO. The number of hydrogen-bond donors (Lipinski definition) is 2. The molecule has 0 aliphatic heterocycles. The lowest BCUT2D eigenvalue weighted by Crippen LogP contribution is -1.75. The molecule has 2 nitrogen and oxygen atoms in total. The van der Waals surface area contributed by atoms with Crippen LogP contribution in [0.4, 0.5) is 0 Å². The minimum atomic E-state index is 0.156. The summed E-state index contributed by atoms with van der Waals surface area (Å²) in [6, 6.07) is 2.05. The molecule has 1 aliphatic rings. The fraction of sp³-hybridized carbons (Fsp3) is 0.500. The maximum Gasteiger partial charge on any atom is 0.0696 e. The van der Waals surface area contributed by atoms with E-state index in [1.165, 1.54) is 18.5 Å². The van der Waals surface area contributed by atoms with Crippen LogP contribution in [0.3, 0.4) is 0 Å². The Morgan fingerprint density at radius 3 is 2.90 bits per heavy atom. The third kappa shape index (κ3) is 0.948. The van der Waals surface area contributed by atoms with E-state index in [1.54, 1.807) is 0 Å². The second kappa shape index (κ2) is 2.13. The van der Waals surface area contributed by atoms with Crippen LogP contribution in [-0.2, 0) is 6.61 Å². The molecular weight excluding hydrogens is 126 g/mol. The van der Waals surface area contributed by atoms with Gasteiger partial charge in [0.05, 0.1) is 6.61 Å². The first-order valence-electron chi connectivity index (χ1n) is 3.68. The number of H-pyrrole nitrogens is 1. The normalized spacial score (nSPS) is 17.7. The summed E-state index contributed by atoms with van der Waals surface area (Å²) in [6.45, 7) is 0.156. The molecule has 0 atom stereocenters. The third-order valence-corrected chi connectivity index (χ3v) is 1.96. The first kappa shape index (κ1) is 5.98. The maximum atomic E-state index is 8.73. The minimum absolute atomic E-state index is 0.156. The maximum absolute atomic E-state index is 8.73. The highest BCUT2D eigenvalue weighted by molar-refractivity contribution is 5.22. The van der Waals surface area contributed by atoms with Crippen molar-refractivity contribution in [2.75, 3.05) is 0 Å². The lowest BCUT2D eigenvalue weighted by atomic mass is 10.2. The predicted octanol–water partition coefficient (Wildman–Crippen LogP) is 1.38. The van der Waals surface area contributed by atoms with Crippen molar-refractivity contribution in [3.8, 4) is 0 Å². The monoisotopic (exact) mass is 137 g/mol. The summed E-state index contributed by atoms with van der Waals surface area (Å²) in [5.74, 6) is 0.764. The van der Waals surface area contributed by atoms with Crippen molar-refractivity contribution in [3.63, 3.8) is 0 Å². The molecule has 0 saturated heterocycles. The smallest absolute Gasteiger partial charge is 0.0696 e. The zero-order valence-corrected chi connectivity index (χ0v) is 5.80. The Bertz CT molecular complexity index is 225. The summed E-state index contributed by atoms with van der Waals surface area (Å²) in [5.41, 5.74) is 2.30. The summed E-state index contributed by atoms with van der Waals surface area (Å²) < 4.78 is 0. The van der Waals surface area contributed by atoms with Crippen LogP contribution in [0.25, 0.3) is 0 Å². The zero-order chi connectivity index (χ0) is 6.97. The van der Waals surface area contributed by atoms with Crippen molar-refractivity contribution in [2.45, 2.75) is 25.4 Å². The van der Waals surface area contributed by atoms with E-state index >= 15 is 0 Å². The molecule has 1 aliphatic carbocycles.